The number of benzene rings is 1. The number of anilines is 1. The van der Waals surface area contributed by atoms with E-state index in [1.807, 2.05) is 0 Å². The summed E-state index contributed by atoms with van der Waals surface area (Å²) in [5.41, 5.74) is 5.12. The average molecular weight is 381 g/mol. The smallest absolute Gasteiger partial charge is 0.364 e. The van der Waals surface area contributed by atoms with Crippen molar-refractivity contribution in [3.8, 4) is 0 Å². The molecule has 6 nitrogen and oxygen atoms in total. The number of alkyl halides is 3. The third-order valence-electron chi connectivity index (χ3n) is 3.91. The number of pyridine rings is 1. The molecule has 1 aliphatic heterocycles. The summed E-state index contributed by atoms with van der Waals surface area (Å²) < 4.78 is 52.1. The third-order valence-corrected chi connectivity index (χ3v) is 3.91. The number of nitrogens with two attached hydrogens (primary N) is 1. The van der Waals surface area contributed by atoms with Gasteiger partial charge in [0, 0.05) is 13.2 Å². The summed E-state index contributed by atoms with van der Waals surface area (Å²) in [6, 6.07) is 5.63. The second-order valence-electron chi connectivity index (χ2n) is 6.06. The summed E-state index contributed by atoms with van der Waals surface area (Å²) >= 11 is 0. The van der Waals surface area contributed by atoms with Crippen molar-refractivity contribution in [3.63, 3.8) is 0 Å². The molecule has 0 atom stereocenters. The summed E-state index contributed by atoms with van der Waals surface area (Å²) in [7, 11) is 1.68. The van der Waals surface area contributed by atoms with Gasteiger partial charge in [-0.15, -0.1) is 0 Å². The van der Waals surface area contributed by atoms with Crippen molar-refractivity contribution in [1.29, 1.82) is 0 Å². The van der Waals surface area contributed by atoms with Crippen LogP contribution in [0.1, 0.15) is 16.7 Å². The van der Waals surface area contributed by atoms with Crippen LogP contribution in [0.4, 0.5) is 23.4 Å². The van der Waals surface area contributed by atoms with Gasteiger partial charge in [0.2, 0.25) is 0 Å². The molecule has 0 radical (unpaired) electrons. The molecule has 0 aliphatic carbocycles. The van der Waals surface area contributed by atoms with Crippen molar-refractivity contribution < 1.29 is 22.4 Å². The second kappa shape index (κ2) is 6.95. The minimum atomic E-state index is -4.63. The van der Waals surface area contributed by atoms with E-state index in [0.717, 1.165) is 12.1 Å². The number of hydrazone groups is 1. The number of carbonyl (C=O) groups is 1. The highest BCUT2D eigenvalue weighted by molar-refractivity contribution is 6.39. The molecule has 1 aromatic carbocycles. The van der Waals surface area contributed by atoms with Gasteiger partial charge in [-0.25, -0.2) is 9.37 Å². The molecule has 0 bridgehead atoms. The van der Waals surface area contributed by atoms with E-state index in [0.29, 0.717) is 17.4 Å². The van der Waals surface area contributed by atoms with Crippen LogP contribution in [0.5, 0.6) is 0 Å². The van der Waals surface area contributed by atoms with Crippen LogP contribution in [0.2, 0.25) is 0 Å². The minimum absolute atomic E-state index is 0.0697. The van der Waals surface area contributed by atoms with Gasteiger partial charge in [0.05, 0.1) is 12.1 Å². The molecule has 0 spiro atoms. The predicted octanol–water partition coefficient (Wildman–Crippen LogP) is 2.34. The zero-order chi connectivity index (χ0) is 19.8. The molecule has 2 heterocycles. The predicted molar refractivity (Wildman–Crippen MR) is 90.2 cm³/mol. The lowest BCUT2D eigenvalue weighted by molar-refractivity contribution is -0.137. The SMILES string of the molecule is CN1CC(C(N)=O)=NN1c1cc(Cc2cc(F)cc(C(F)(F)F)c2)ccn1. The van der Waals surface area contributed by atoms with Crippen molar-refractivity contribution >= 4 is 17.4 Å². The molecular weight excluding hydrogens is 366 g/mol. The second-order valence-corrected chi connectivity index (χ2v) is 6.06. The van der Waals surface area contributed by atoms with Crippen LogP contribution >= 0.6 is 0 Å². The first-order valence-corrected chi connectivity index (χ1v) is 7.83. The summed E-state index contributed by atoms with van der Waals surface area (Å²) in [5, 5.41) is 7.06. The maximum Gasteiger partial charge on any atom is 0.416 e. The Kier molecular flexibility index (Phi) is 4.83. The topological polar surface area (TPSA) is 74.8 Å². The van der Waals surface area contributed by atoms with Gasteiger partial charge >= 0.3 is 6.18 Å². The molecule has 0 saturated carbocycles. The highest BCUT2D eigenvalue weighted by atomic mass is 19.4. The fraction of sp³-hybridized carbons (Fsp3) is 0.235. The van der Waals surface area contributed by atoms with Gasteiger partial charge in [-0.2, -0.15) is 28.4 Å². The Bertz CT molecular complexity index is 912. The number of aromatic nitrogens is 1. The standard InChI is InChI=1S/C17H15F4N5O/c1-25-9-14(16(22)27)24-26(25)15-7-10(2-3-23-15)4-11-5-12(17(19,20)21)8-13(18)6-11/h2-3,5-8H,4,9H2,1H3,(H2,22,27). The Balaban J connectivity index is 1.87. The summed E-state index contributed by atoms with van der Waals surface area (Å²) in [4.78, 5) is 15.4. The van der Waals surface area contributed by atoms with E-state index in [9.17, 15) is 22.4 Å². The summed E-state index contributed by atoms with van der Waals surface area (Å²) in [5.74, 6) is -1.25. The fourth-order valence-electron chi connectivity index (χ4n) is 2.69. The van der Waals surface area contributed by atoms with E-state index in [-0.39, 0.29) is 24.2 Å². The minimum Gasteiger partial charge on any atom is -0.364 e. The molecule has 2 aromatic rings. The Labute approximate surface area is 151 Å². The van der Waals surface area contributed by atoms with E-state index in [1.54, 1.807) is 24.2 Å². The van der Waals surface area contributed by atoms with Gasteiger partial charge in [-0.05, 0) is 47.9 Å². The number of amides is 1. The number of halogens is 4. The monoisotopic (exact) mass is 381 g/mol. The highest BCUT2D eigenvalue weighted by Gasteiger charge is 2.31. The van der Waals surface area contributed by atoms with Crippen molar-refractivity contribution in [2.75, 3.05) is 18.7 Å². The van der Waals surface area contributed by atoms with Gasteiger partial charge in [0.1, 0.15) is 11.5 Å². The fourth-order valence-corrected chi connectivity index (χ4v) is 2.69. The zero-order valence-electron chi connectivity index (χ0n) is 14.2. The van der Waals surface area contributed by atoms with Crippen molar-refractivity contribution in [2.45, 2.75) is 12.6 Å². The molecule has 1 amide bonds. The van der Waals surface area contributed by atoms with Crippen LogP contribution in [-0.4, -0.2) is 35.2 Å². The van der Waals surface area contributed by atoms with Crippen LogP contribution in [-0.2, 0) is 17.4 Å². The number of carbonyl (C=O) groups excluding carboxylic acids is 1. The molecule has 1 aromatic heterocycles. The molecule has 0 fully saturated rings. The number of hydrazine groups is 1. The van der Waals surface area contributed by atoms with E-state index < -0.39 is 23.5 Å². The van der Waals surface area contributed by atoms with E-state index in [4.69, 9.17) is 5.73 Å². The van der Waals surface area contributed by atoms with Crippen LogP contribution in [0.25, 0.3) is 0 Å². The van der Waals surface area contributed by atoms with Gasteiger partial charge in [0.15, 0.2) is 5.82 Å². The van der Waals surface area contributed by atoms with Crippen LogP contribution in [0.3, 0.4) is 0 Å². The first-order valence-electron chi connectivity index (χ1n) is 7.83. The summed E-state index contributed by atoms with van der Waals surface area (Å²) in [6.07, 6.45) is -3.10. The van der Waals surface area contributed by atoms with E-state index in [2.05, 4.69) is 10.1 Å². The highest BCUT2D eigenvalue weighted by Crippen LogP contribution is 2.31. The number of primary amides is 1. The maximum atomic E-state index is 13.6. The number of hydrogen-bond donors (Lipinski definition) is 1. The molecule has 27 heavy (non-hydrogen) atoms. The molecule has 142 valence electrons. The first-order chi connectivity index (χ1) is 12.6. The van der Waals surface area contributed by atoms with Crippen molar-refractivity contribution in [1.82, 2.24) is 9.99 Å². The number of hydrogen-bond acceptors (Lipinski definition) is 5. The molecule has 3 rings (SSSR count). The Morgan fingerprint density at radius 3 is 2.59 bits per heavy atom. The lowest BCUT2D eigenvalue weighted by Gasteiger charge is -2.21. The van der Waals surface area contributed by atoms with E-state index in [1.165, 1.54) is 11.3 Å². The normalized spacial score (nSPS) is 15.1. The Morgan fingerprint density at radius 2 is 1.96 bits per heavy atom. The molecule has 2 N–H and O–H groups in total. The van der Waals surface area contributed by atoms with Gasteiger partial charge in [-0.1, -0.05) is 0 Å². The Hall–Kier alpha value is -3.01. The zero-order valence-corrected chi connectivity index (χ0v) is 14.2. The molecule has 1 aliphatic rings. The van der Waals surface area contributed by atoms with Crippen LogP contribution in [0.15, 0.2) is 41.6 Å². The largest absolute Gasteiger partial charge is 0.416 e. The number of nitrogens with zero attached hydrogens (tertiary/aromatic N) is 4. The van der Waals surface area contributed by atoms with Crippen molar-refractivity contribution in [2.24, 2.45) is 10.8 Å². The number of rotatable bonds is 4. The Morgan fingerprint density at radius 1 is 1.22 bits per heavy atom. The molecular formula is C17H15F4N5O. The maximum absolute atomic E-state index is 13.6. The first kappa shape index (κ1) is 18.8. The van der Waals surface area contributed by atoms with Crippen LogP contribution < -0.4 is 10.9 Å². The van der Waals surface area contributed by atoms with Gasteiger partial charge in [-0.3, -0.25) is 4.79 Å². The van der Waals surface area contributed by atoms with Crippen LogP contribution in [0, 0.1) is 5.82 Å². The van der Waals surface area contributed by atoms with Gasteiger partial charge in [0.25, 0.3) is 5.91 Å². The lowest BCUT2D eigenvalue weighted by Crippen LogP contribution is -2.34. The molecule has 0 saturated heterocycles. The average Bonchev–Trinajstić information content (AvgIpc) is 2.96. The molecule has 10 heteroatoms. The molecule has 0 unspecified atom stereocenters. The summed E-state index contributed by atoms with van der Waals surface area (Å²) in [6.45, 7) is 0.208. The third kappa shape index (κ3) is 4.22. The quantitative estimate of drug-likeness (QED) is 0.825. The lowest BCUT2D eigenvalue weighted by atomic mass is 10.0. The van der Waals surface area contributed by atoms with E-state index >= 15 is 0 Å². The van der Waals surface area contributed by atoms with Crippen molar-refractivity contribution in [3.05, 3.63) is 59.0 Å². The van der Waals surface area contributed by atoms with Gasteiger partial charge < -0.3 is 5.73 Å².